The van der Waals surface area contributed by atoms with E-state index in [1.807, 2.05) is 0 Å². The summed E-state index contributed by atoms with van der Waals surface area (Å²) < 4.78 is 13.7. The number of β-amino-alcohol motifs (C(OH)–C–C–N with tert-alkyl or cyclic N) is 1. The minimum Gasteiger partial charge on any atom is -0.391 e. The van der Waals surface area contributed by atoms with Gasteiger partial charge in [0.15, 0.2) is 0 Å². The first-order valence-electron chi connectivity index (χ1n) is 11.1. The molecule has 2 atom stereocenters. The number of fused-ring (bicyclic) bond motifs is 1. The number of nitrogens with one attached hydrogen (secondary N) is 3. The van der Waals surface area contributed by atoms with E-state index in [-0.39, 0.29) is 31.3 Å². The van der Waals surface area contributed by atoms with Crippen molar-refractivity contribution in [2.75, 3.05) is 25.0 Å². The molecule has 1 aromatic carbocycles. The van der Waals surface area contributed by atoms with Gasteiger partial charge in [0.1, 0.15) is 11.9 Å². The van der Waals surface area contributed by atoms with Crippen LogP contribution in [-0.2, 0) is 9.59 Å². The normalized spacial score (nSPS) is 19.3. The van der Waals surface area contributed by atoms with Crippen molar-refractivity contribution in [1.29, 1.82) is 0 Å². The van der Waals surface area contributed by atoms with Crippen molar-refractivity contribution in [1.82, 2.24) is 15.2 Å². The predicted molar refractivity (Wildman–Crippen MR) is 123 cm³/mol. The number of rotatable bonds is 6. The Bertz CT molecular complexity index is 1190. The van der Waals surface area contributed by atoms with E-state index < -0.39 is 23.9 Å². The predicted octanol–water partition coefficient (Wildman–Crippen LogP) is 1.34. The molecule has 4 rings (SSSR count). The van der Waals surface area contributed by atoms with Crippen LogP contribution in [-0.4, -0.2) is 69.7 Å². The number of carbonyl (C=O) groups is 3. The van der Waals surface area contributed by atoms with Gasteiger partial charge in [-0.3, -0.25) is 14.4 Å². The Morgan fingerprint density at radius 1 is 1.35 bits per heavy atom. The molecule has 1 fully saturated rings. The molecular formula is C24H27FN4O5. The van der Waals surface area contributed by atoms with E-state index in [9.17, 15) is 29.0 Å². The number of carbonyl (C=O) groups excluding carboxylic acids is 3. The lowest BCUT2D eigenvalue weighted by molar-refractivity contribution is -0.139. The van der Waals surface area contributed by atoms with Gasteiger partial charge in [-0.25, -0.2) is 4.39 Å². The molecule has 0 unspecified atom stereocenters. The van der Waals surface area contributed by atoms with Crippen molar-refractivity contribution in [3.8, 4) is 0 Å². The number of aliphatic hydroxyl groups excluding tert-OH is 2. The fourth-order valence-electron chi connectivity index (χ4n) is 4.39. The molecule has 2 aromatic rings. The first-order chi connectivity index (χ1) is 16.2. The van der Waals surface area contributed by atoms with Crippen molar-refractivity contribution in [3.63, 3.8) is 0 Å². The maximum absolute atomic E-state index is 13.7. The highest BCUT2D eigenvalue weighted by atomic mass is 19.1. The number of anilines is 1. The molecule has 0 radical (unpaired) electrons. The number of aryl methyl sites for hydroxylation is 1. The average Bonchev–Trinajstić information content (AvgIpc) is 3.43. The van der Waals surface area contributed by atoms with E-state index in [0.717, 1.165) is 0 Å². The van der Waals surface area contributed by atoms with Crippen LogP contribution in [0.5, 0.6) is 0 Å². The SMILES string of the molecule is Cc1[nH]c(/C=C2\C(=O)Nc3ccc(F)cc32)c(C)c1C(=O)NCC[C@H](O)C(=O)N1CC[C@@H](O)C1. The molecule has 2 aliphatic heterocycles. The van der Waals surface area contributed by atoms with Gasteiger partial charge in [0.05, 0.1) is 17.2 Å². The second kappa shape index (κ2) is 9.40. The molecule has 0 saturated carbocycles. The van der Waals surface area contributed by atoms with Gasteiger partial charge in [-0.1, -0.05) is 0 Å². The summed E-state index contributed by atoms with van der Waals surface area (Å²) in [5.41, 5.74) is 3.41. The Balaban J connectivity index is 1.43. The summed E-state index contributed by atoms with van der Waals surface area (Å²) >= 11 is 0. The highest BCUT2D eigenvalue weighted by molar-refractivity contribution is 6.34. The molecular weight excluding hydrogens is 443 g/mol. The summed E-state index contributed by atoms with van der Waals surface area (Å²) in [6.07, 6.45) is 0.288. The van der Waals surface area contributed by atoms with Gasteiger partial charge in [-0.05, 0) is 56.5 Å². The minimum atomic E-state index is -1.26. The summed E-state index contributed by atoms with van der Waals surface area (Å²) in [6.45, 7) is 4.15. The zero-order valence-corrected chi connectivity index (χ0v) is 18.9. The lowest BCUT2D eigenvalue weighted by Crippen LogP contribution is -2.40. The molecule has 180 valence electrons. The van der Waals surface area contributed by atoms with Crippen LogP contribution < -0.4 is 10.6 Å². The average molecular weight is 471 g/mol. The van der Waals surface area contributed by atoms with Gasteiger partial charge in [0.2, 0.25) is 0 Å². The number of hydrogen-bond acceptors (Lipinski definition) is 5. The summed E-state index contributed by atoms with van der Waals surface area (Å²) in [7, 11) is 0. The first-order valence-corrected chi connectivity index (χ1v) is 11.1. The van der Waals surface area contributed by atoms with E-state index in [1.54, 1.807) is 19.9 Å². The number of benzene rings is 1. The molecule has 5 N–H and O–H groups in total. The van der Waals surface area contributed by atoms with Gasteiger partial charge < -0.3 is 30.7 Å². The van der Waals surface area contributed by atoms with Crippen LogP contribution in [0.2, 0.25) is 0 Å². The van der Waals surface area contributed by atoms with Gasteiger partial charge in [-0.15, -0.1) is 0 Å². The molecule has 9 nitrogen and oxygen atoms in total. The molecule has 0 spiro atoms. The zero-order chi connectivity index (χ0) is 24.6. The molecule has 0 bridgehead atoms. The summed E-state index contributed by atoms with van der Waals surface area (Å²) in [5.74, 6) is -1.65. The van der Waals surface area contributed by atoms with Crippen LogP contribution in [0.15, 0.2) is 18.2 Å². The Labute approximate surface area is 195 Å². The molecule has 1 aromatic heterocycles. The van der Waals surface area contributed by atoms with E-state index in [0.29, 0.717) is 52.3 Å². The maximum atomic E-state index is 13.7. The molecule has 10 heteroatoms. The fraction of sp³-hybridized carbons (Fsp3) is 0.375. The topological polar surface area (TPSA) is 135 Å². The largest absolute Gasteiger partial charge is 0.391 e. The Morgan fingerprint density at radius 3 is 2.82 bits per heavy atom. The number of aromatic amines is 1. The van der Waals surface area contributed by atoms with E-state index in [1.165, 1.54) is 23.1 Å². The number of aromatic nitrogens is 1. The molecule has 34 heavy (non-hydrogen) atoms. The van der Waals surface area contributed by atoms with Crippen molar-refractivity contribution < 1.29 is 29.0 Å². The van der Waals surface area contributed by atoms with Crippen molar-refractivity contribution in [2.24, 2.45) is 0 Å². The highest BCUT2D eigenvalue weighted by Crippen LogP contribution is 2.34. The third-order valence-electron chi connectivity index (χ3n) is 6.22. The van der Waals surface area contributed by atoms with Crippen LogP contribution in [0, 0.1) is 19.7 Å². The number of H-pyrrole nitrogens is 1. The smallest absolute Gasteiger partial charge is 0.256 e. The number of likely N-dealkylation sites (tertiary alicyclic amines) is 1. The number of amides is 3. The van der Waals surface area contributed by atoms with Gasteiger partial charge in [-0.2, -0.15) is 0 Å². The second-order valence-electron chi connectivity index (χ2n) is 8.65. The van der Waals surface area contributed by atoms with Gasteiger partial charge in [0.25, 0.3) is 17.7 Å². The third kappa shape index (κ3) is 4.59. The van der Waals surface area contributed by atoms with Crippen LogP contribution in [0.1, 0.15) is 45.7 Å². The van der Waals surface area contributed by atoms with Crippen LogP contribution in [0.4, 0.5) is 10.1 Å². The van der Waals surface area contributed by atoms with E-state index >= 15 is 0 Å². The molecule has 3 amide bonds. The molecule has 3 heterocycles. The van der Waals surface area contributed by atoms with Crippen molar-refractivity contribution >= 4 is 35.1 Å². The van der Waals surface area contributed by atoms with Gasteiger partial charge in [0, 0.05) is 42.3 Å². The van der Waals surface area contributed by atoms with Crippen LogP contribution in [0.25, 0.3) is 11.6 Å². The van der Waals surface area contributed by atoms with Gasteiger partial charge >= 0.3 is 0 Å². The lowest BCUT2D eigenvalue weighted by atomic mass is 10.0. The maximum Gasteiger partial charge on any atom is 0.256 e. The Morgan fingerprint density at radius 2 is 2.12 bits per heavy atom. The zero-order valence-electron chi connectivity index (χ0n) is 18.9. The number of nitrogens with zero attached hydrogens (tertiary/aromatic N) is 1. The van der Waals surface area contributed by atoms with Crippen LogP contribution >= 0.6 is 0 Å². The molecule has 1 saturated heterocycles. The highest BCUT2D eigenvalue weighted by Gasteiger charge is 2.29. The standard InChI is InChI=1S/C24H27FN4O5/c1-12-19(10-17-16-9-14(25)3-4-18(16)28-22(17)32)27-13(2)21(12)23(33)26-7-5-20(31)24(34)29-8-6-15(30)11-29/h3-4,9-10,15,20,27,30-31H,5-8,11H2,1-2H3,(H,26,33)(H,28,32)/b17-10-/t15-,20+/m1/s1. The summed E-state index contributed by atoms with van der Waals surface area (Å²) in [6, 6.07) is 4.06. The number of halogens is 1. The number of hydrogen-bond donors (Lipinski definition) is 5. The lowest BCUT2D eigenvalue weighted by Gasteiger charge is -2.19. The second-order valence-corrected chi connectivity index (χ2v) is 8.65. The minimum absolute atomic E-state index is 0.0408. The van der Waals surface area contributed by atoms with Crippen molar-refractivity contribution in [2.45, 2.75) is 38.9 Å². The first kappa shape index (κ1) is 23.7. The summed E-state index contributed by atoms with van der Waals surface area (Å²) in [4.78, 5) is 41.9. The van der Waals surface area contributed by atoms with Crippen LogP contribution in [0.3, 0.4) is 0 Å². The monoisotopic (exact) mass is 470 g/mol. The van der Waals surface area contributed by atoms with E-state index in [2.05, 4.69) is 15.6 Å². The van der Waals surface area contributed by atoms with Crippen molar-refractivity contribution in [3.05, 3.63) is 52.1 Å². The Hall–Kier alpha value is -3.50. The number of aliphatic hydroxyl groups is 2. The Kier molecular flexibility index (Phi) is 6.54. The quantitative estimate of drug-likeness (QED) is 0.406. The van der Waals surface area contributed by atoms with E-state index in [4.69, 9.17) is 0 Å². The summed E-state index contributed by atoms with van der Waals surface area (Å²) in [5, 5.41) is 25.1. The molecule has 2 aliphatic rings. The third-order valence-corrected chi connectivity index (χ3v) is 6.22. The fourth-order valence-corrected chi connectivity index (χ4v) is 4.39. The molecule has 0 aliphatic carbocycles.